The molecule has 0 atom stereocenters. The summed E-state index contributed by atoms with van der Waals surface area (Å²) in [5.41, 5.74) is 0. The van der Waals surface area contributed by atoms with Crippen molar-refractivity contribution < 1.29 is 0 Å². The van der Waals surface area contributed by atoms with Gasteiger partial charge >= 0.3 is 0 Å². The van der Waals surface area contributed by atoms with Gasteiger partial charge in [-0.2, -0.15) is 0 Å². The average Bonchev–Trinajstić information content (AvgIpc) is 3.79. The topological polar surface area (TPSA) is 0 Å². The van der Waals surface area contributed by atoms with E-state index in [1.165, 1.54) is 170 Å². The number of hydrogen-bond acceptors (Lipinski definition) is 4. The molecule has 4 aromatic rings. The molecule has 4 aromatic heterocycles. The van der Waals surface area contributed by atoms with Crippen molar-refractivity contribution in [1.29, 1.82) is 0 Å². The van der Waals surface area contributed by atoms with Gasteiger partial charge < -0.3 is 0 Å². The molecule has 0 saturated heterocycles. The van der Waals surface area contributed by atoms with Gasteiger partial charge in [-0.15, -0.1) is 45.3 Å². The first kappa shape index (κ1) is 33.9. The molecule has 0 radical (unpaired) electrons. The maximum Gasteiger partial charge on any atom is 0.0464 e. The molecule has 0 amide bonds. The summed E-state index contributed by atoms with van der Waals surface area (Å²) in [5, 5.41) is 0. The number of rotatable bonds is 24. The van der Waals surface area contributed by atoms with E-state index in [4.69, 9.17) is 0 Å². The molecule has 232 valence electrons. The highest BCUT2D eigenvalue weighted by Gasteiger charge is 2.13. The fourth-order valence-corrected chi connectivity index (χ4v) is 10.6. The van der Waals surface area contributed by atoms with E-state index < -0.39 is 0 Å². The van der Waals surface area contributed by atoms with E-state index in [-0.39, 0.29) is 0 Å². The molecule has 0 nitrogen and oxygen atoms in total. The highest BCUT2D eigenvalue weighted by atomic mass is 32.1. The maximum atomic E-state index is 2.45. The van der Waals surface area contributed by atoms with E-state index in [1.54, 1.807) is 9.75 Å². The summed E-state index contributed by atoms with van der Waals surface area (Å²) in [6, 6.07) is 14.4. The Bertz CT molecular complexity index is 1110. The van der Waals surface area contributed by atoms with Crippen LogP contribution in [0.5, 0.6) is 0 Å². The van der Waals surface area contributed by atoms with Gasteiger partial charge in [-0.3, -0.25) is 0 Å². The Balaban J connectivity index is 1.13. The summed E-state index contributed by atoms with van der Waals surface area (Å²) in [6.45, 7) is 4.60. The van der Waals surface area contributed by atoms with E-state index in [0.717, 1.165) is 0 Å². The van der Waals surface area contributed by atoms with Gasteiger partial charge in [0, 0.05) is 38.7 Å². The molecule has 0 bridgehead atoms. The second kappa shape index (κ2) is 20.2. The molecule has 0 fully saturated rings. The summed E-state index contributed by atoms with van der Waals surface area (Å²) >= 11 is 8.01. The van der Waals surface area contributed by atoms with Crippen LogP contribution < -0.4 is 0 Å². The summed E-state index contributed by atoms with van der Waals surface area (Å²) in [4.78, 5) is 8.96. The SMILES string of the molecule is CCCCCCCCCCCCc1ccc(-c2cc3sc(-c4ccc(CCCCCCCCCCCC)s4)cc3s2)s1. The van der Waals surface area contributed by atoms with Gasteiger partial charge in [0.25, 0.3) is 0 Å². The van der Waals surface area contributed by atoms with E-state index in [2.05, 4.69) is 50.2 Å². The summed E-state index contributed by atoms with van der Waals surface area (Å²) in [6.07, 6.45) is 30.8. The van der Waals surface area contributed by atoms with E-state index in [1.807, 2.05) is 45.3 Å². The van der Waals surface area contributed by atoms with Crippen molar-refractivity contribution in [1.82, 2.24) is 0 Å². The minimum absolute atomic E-state index is 1.25. The Labute approximate surface area is 274 Å². The molecular formula is C38H56S4. The predicted octanol–water partition coefficient (Wildman–Crippen LogP) is 15.3. The standard InChI is InChI=1S/C38H56S4/c1-3-5-7-9-11-13-15-17-19-21-23-31-25-27-33(39-31)35-29-37-38(41-35)30-36(42-37)34-28-26-32(40-34)24-22-20-18-16-14-12-10-8-6-4-2/h25-30H,3-24H2,1-2H3. The smallest absolute Gasteiger partial charge is 0.0464 e. The molecule has 0 aliphatic carbocycles. The maximum absolute atomic E-state index is 2.45. The molecular weight excluding hydrogens is 585 g/mol. The van der Waals surface area contributed by atoms with Crippen LogP contribution in [0.15, 0.2) is 36.4 Å². The molecule has 0 unspecified atom stereocenters. The summed E-state index contributed by atoms with van der Waals surface area (Å²) in [7, 11) is 0. The number of unbranched alkanes of at least 4 members (excludes halogenated alkanes) is 18. The second-order valence-corrected chi connectivity index (χ2v) is 16.8. The Kier molecular flexibility index (Phi) is 16.3. The van der Waals surface area contributed by atoms with Crippen LogP contribution in [0.4, 0.5) is 0 Å². The van der Waals surface area contributed by atoms with Crippen LogP contribution in [-0.4, -0.2) is 0 Å². The molecule has 4 heterocycles. The molecule has 0 N–H and O–H groups in total. The van der Waals surface area contributed by atoms with E-state index in [9.17, 15) is 0 Å². The normalized spacial score (nSPS) is 11.8. The molecule has 0 aliphatic rings. The van der Waals surface area contributed by atoms with Gasteiger partial charge in [0.15, 0.2) is 0 Å². The number of hydrogen-bond donors (Lipinski definition) is 0. The van der Waals surface area contributed by atoms with Gasteiger partial charge in [-0.1, -0.05) is 129 Å². The van der Waals surface area contributed by atoms with Gasteiger partial charge in [0.2, 0.25) is 0 Å². The highest BCUT2D eigenvalue weighted by Crippen LogP contribution is 2.44. The third-order valence-corrected chi connectivity index (χ3v) is 13.5. The Morgan fingerprint density at radius 2 is 0.690 bits per heavy atom. The second-order valence-electron chi connectivity index (χ2n) is 12.3. The molecule has 0 spiro atoms. The fraction of sp³-hybridized carbons (Fsp3) is 0.632. The predicted molar refractivity (Wildman–Crippen MR) is 197 cm³/mol. The Morgan fingerprint density at radius 3 is 1.05 bits per heavy atom. The zero-order chi connectivity index (χ0) is 29.2. The molecule has 0 saturated carbocycles. The quantitative estimate of drug-likeness (QED) is 0.0668. The van der Waals surface area contributed by atoms with Gasteiger partial charge in [-0.05, 0) is 62.1 Å². The highest BCUT2D eigenvalue weighted by molar-refractivity contribution is 7.33. The van der Waals surface area contributed by atoms with Gasteiger partial charge in [0.1, 0.15) is 0 Å². The zero-order valence-corrected chi connectivity index (χ0v) is 29.9. The van der Waals surface area contributed by atoms with Crippen LogP contribution in [0.3, 0.4) is 0 Å². The molecule has 4 rings (SSSR count). The lowest BCUT2D eigenvalue weighted by Gasteiger charge is -2.02. The summed E-state index contributed by atoms with van der Waals surface area (Å²) in [5.74, 6) is 0. The van der Waals surface area contributed by atoms with E-state index >= 15 is 0 Å². The van der Waals surface area contributed by atoms with Crippen LogP contribution in [0.25, 0.3) is 28.9 Å². The third kappa shape index (κ3) is 11.9. The summed E-state index contributed by atoms with van der Waals surface area (Å²) < 4.78 is 2.92. The third-order valence-electron chi connectivity index (χ3n) is 8.57. The monoisotopic (exact) mass is 640 g/mol. The van der Waals surface area contributed by atoms with E-state index in [0.29, 0.717) is 0 Å². The largest absolute Gasteiger partial charge is 0.139 e. The Morgan fingerprint density at radius 1 is 0.357 bits per heavy atom. The lowest BCUT2D eigenvalue weighted by atomic mass is 10.1. The van der Waals surface area contributed by atoms with Crippen molar-refractivity contribution >= 4 is 54.7 Å². The van der Waals surface area contributed by atoms with Crippen LogP contribution >= 0.6 is 45.3 Å². The minimum atomic E-state index is 1.25. The average molecular weight is 641 g/mol. The fourth-order valence-electron chi connectivity index (χ4n) is 5.94. The first-order valence-corrected chi connectivity index (χ1v) is 20.7. The van der Waals surface area contributed by atoms with Crippen molar-refractivity contribution in [3.8, 4) is 19.5 Å². The lowest BCUT2D eigenvalue weighted by Crippen LogP contribution is -1.84. The minimum Gasteiger partial charge on any atom is -0.139 e. The number of thiophene rings is 4. The number of fused-ring (bicyclic) bond motifs is 1. The van der Waals surface area contributed by atoms with Crippen molar-refractivity contribution in [2.75, 3.05) is 0 Å². The molecule has 4 heteroatoms. The Hall–Kier alpha value is -0.940. The van der Waals surface area contributed by atoms with Crippen LogP contribution in [0, 0.1) is 0 Å². The van der Waals surface area contributed by atoms with Crippen LogP contribution in [-0.2, 0) is 12.8 Å². The zero-order valence-electron chi connectivity index (χ0n) is 26.7. The van der Waals surface area contributed by atoms with Crippen molar-refractivity contribution in [2.24, 2.45) is 0 Å². The van der Waals surface area contributed by atoms with Crippen molar-refractivity contribution in [2.45, 2.75) is 155 Å². The number of aryl methyl sites for hydroxylation is 2. The van der Waals surface area contributed by atoms with Crippen LogP contribution in [0.2, 0.25) is 0 Å². The molecule has 0 aliphatic heterocycles. The van der Waals surface area contributed by atoms with Crippen molar-refractivity contribution in [3.05, 3.63) is 46.2 Å². The van der Waals surface area contributed by atoms with Gasteiger partial charge in [0.05, 0.1) is 0 Å². The molecule has 0 aromatic carbocycles. The lowest BCUT2D eigenvalue weighted by molar-refractivity contribution is 0.557. The van der Waals surface area contributed by atoms with Crippen LogP contribution in [0.1, 0.15) is 152 Å². The first-order chi connectivity index (χ1) is 20.8. The van der Waals surface area contributed by atoms with Crippen molar-refractivity contribution in [3.63, 3.8) is 0 Å². The van der Waals surface area contributed by atoms with Gasteiger partial charge in [-0.25, -0.2) is 0 Å². The molecule has 42 heavy (non-hydrogen) atoms. The first-order valence-electron chi connectivity index (χ1n) is 17.5.